The molecule has 0 saturated heterocycles. The van der Waals surface area contributed by atoms with Gasteiger partial charge in [0.25, 0.3) is 5.91 Å². The molecule has 0 unspecified atom stereocenters. The van der Waals surface area contributed by atoms with E-state index in [1.54, 1.807) is 24.4 Å². The van der Waals surface area contributed by atoms with E-state index in [1.165, 1.54) is 12.1 Å². The van der Waals surface area contributed by atoms with Crippen LogP contribution in [0.5, 0.6) is 0 Å². The van der Waals surface area contributed by atoms with E-state index in [0.29, 0.717) is 22.3 Å². The summed E-state index contributed by atoms with van der Waals surface area (Å²) in [6, 6.07) is 11.5. The Morgan fingerprint density at radius 1 is 1.14 bits per heavy atom. The van der Waals surface area contributed by atoms with E-state index in [-0.39, 0.29) is 11.7 Å². The number of halogens is 1. The van der Waals surface area contributed by atoms with Crippen LogP contribution in [0.4, 0.5) is 10.1 Å². The molecule has 0 spiro atoms. The van der Waals surface area contributed by atoms with Crippen LogP contribution < -0.4 is 5.32 Å². The first-order valence-corrected chi connectivity index (χ1v) is 6.72. The smallest absolute Gasteiger partial charge is 0.272 e. The molecule has 22 heavy (non-hydrogen) atoms. The number of benzene rings is 2. The molecule has 0 saturated carbocycles. The minimum absolute atomic E-state index is 0.287. The van der Waals surface area contributed by atoms with Crippen LogP contribution in [0.2, 0.25) is 0 Å². The van der Waals surface area contributed by atoms with Crippen molar-refractivity contribution < 1.29 is 9.18 Å². The van der Waals surface area contributed by atoms with Crippen LogP contribution in [-0.2, 0) is 0 Å². The molecule has 2 aromatic heterocycles. The Hall–Kier alpha value is -3.15. The van der Waals surface area contributed by atoms with Gasteiger partial charge in [-0.1, -0.05) is 6.07 Å². The van der Waals surface area contributed by atoms with Crippen molar-refractivity contribution in [3.63, 3.8) is 0 Å². The first-order valence-electron chi connectivity index (χ1n) is 6.72. The van der Waals surface area contributed by atoms with Crippen LogP contribution in [-0.4, -0.2) is 21.1 Å². The Morgan fingerprint density at radius 2 is 2.05 bits per heavy atom. The number of H-pyrrole nitrogens is 2. The lowest BCUT2D eigenvalue weighted by Gasteiger charge is -2.04. The van der Waals surface area contributed by atoms with E-state index in [4.69, 9.17) is 0 Å². The average Bonchev–Trinajstić information content (AvgIpc) is 3.13. The Kier molecular flexibility index (Phi) is 2.69. The molecule has 0 aliphatic rings. The van der Waals surface area contributed by atoms with Crippen LogP contribution in [0.3, 0.4) is 0 Å². The van der Waals surface area contributed by atoms with Gasteiger partial charge < -0.3 is 10.3 Å². The normalized spacial score (nSPS) is 11.1. The van der Waals surface area contributed by atoms with Crippen molar-refractivity contribution in [2.45, 2.75) is 0 Å². The second-order valence-electron chi connectivity index (χ2n) is 5.01. The molecule has 6 heteroatoms. The van der Waals surface area contributed by atoms with Crippen LogP contribution in [0.15, 0.2) is 48.7 Å². The summed E-state index contributed by atoms with van der Waals surface area (Å²) in [5, 5.41) is 11.1. The van der Waals surface area contributed by atoms with Gasteiger partial charge in [-0.05, 0) is 36.4 Å². The third kappa shape index (κ3) is 2.01. The van der Waals surface area contributed by atoms with Gasteiger partial charge in [0.15, 0.2) is 0 Å². The van der Waals surface area contributed by atoms with Crippen molar-refractivity contribution >= 4 is 33.4 Å². The molecule has 4 rings (SSSR count). The fraction of sp³-hybridized carbons (Fsp3) is 0. The highest BCUT2D eigenvalue weighted by molar-refractivity contribution is 6.09. The summed E-state index contributed by atoms with van der Waals surface area (Å²) in [6.45, 7) is 0. The first-order chi connectivity index (χ1) is 10.7. The van der Waals surface area contributed by atoms with Crippen LogP contribution in [0.25, 0.3) is 21.8 Å². The maximum absolute atomic E-state index is 13.2. The summed E-state index contributed by atoms with van der Waals surface area (Å²) in [5.74, 6) is -0.619. The third-order valence-electron chi connectivity index (χ3n) is 3.56. The molecule has 4 aromatic rings. The van der Waals surface area contributed by atoms with Gasteiger partial charge in [-0.25, -0.2) is 4.39 Å². The topological polar surface area (TPSA) is 73.6 Å². The molecule has 0 bridgehead atoms. The SMILES string of the molecule is O=C(Nc1cccc2[nH]ncc12)c1cc2cc(F)ccc2[nH]1. The summed E-state index contributed by atoms with van der Waals surface area (Å²) in [6.07, 6.45) is 1.66. The van der Waals surface area contributed by atoms with Crippen molar-refractivity contribution in [1.29, 1.82) is 0 Å². The van der Waals surface area contributed by atoms with Crippen molar-refractivity contribution in [2.75, 3.05) is 5.32 Å². The number of rotatable bonds is 2. The number of fused-ring (bicyclic) bond motifs is 2. The van der Waals surface area contributed by atoms with Crippen LogP contribution in [0.1, 0.15) is 10.5 Å². The van der Waals surface area contributed by atoms with Gasteiger partial charge in [0.1, 0.15) is 11.5 Å². The Morgan fingerprint density at radius 3 is 2.95 bits per heavy atom. The van der Waals surface area contributed by atoms with E-state index in [1.807, 2.05) is 12.1 Å². The largest absolute Gasteiger partial charge is 0.351 e. The quantitative estimate of drug-likeness (QED) is 0.530. The lowest BCUT2D eigenvalue weighted by atomic mass is 10.2. The molecule has 0 atom stereocenters. The Bertz CT molecular complexity index is 1000. The van der Waals surface area contributed by atoms with E-state index >= 15 is 0 Å². The van der Waals surface area contributed by atoms with E-state index in [0.717, 1.165) is 10.9 Å². The number of anilines is 1. The second kappa shape index (κ2) is 4.70. The molecule has 0 radical (unpaired) electrons. The average molecular weight is 294 g/mol. The second-order valence-corrected chi connectivity index (χ2v) is 5.01. The van der Waals surface area contributed by atoms with Gasteiger partial charge in [0.2, 0.25) is 0 Å². The summed E-state index contributed by atoms with van der Waals surface area (Å²) in [7, 11) is 0. The number of hydrogen-bond donors (Lipinski definition) is 3. The van der Waals surface area contributed by atoms with E-state index < -0.39 is 0 Å². The maximum atomic E-state index is 13.2. The molecule has 3 N–H and O–H groups in total. The monoisotopic (exact) mass is 294 g/mol. The number of carbonyl (C=O) groups excluding carboxylic acids is 1. The molecule has 1 amide bonds. The third-order valence-corrected chi connectivity index (χ3v) is 3.56. The fourth-order valence-corrected chi connectivity index (χ4v) is 2.49. The van der Waals surface area contributed by atoms with E-state index in [2.05, 4.69) is 20.5 Å². The standard InChI is InChI=1S/C16H11FN4O/c17-10-4-5-12-9(6-10)7-15(19-12)16(22)20-13-2-1-3-14-11(13)8-18-21-14/h1-8,19H,(H,18,21)(H,20,22). The zero-order valence-corrected chi connectivity index (χ0v) is 11.4. The Labute approximate surface area is 124 Å². The summed E-state index contributed by atoms with van der Waals surface area (Å²) < 4.78 is 13.2. The Balaban J connectivity index is 1.70. The van der Waals surface area contributed by atoms with E-state index in [9.17, 15) is 9.18 Å². The number of hydrogen-bond acceptors (Lipinski definition) is 2. The molecule has 0 aliphatic carbocycles. The highest BCUT2D eigenvalue weighted by atomic mass is 19.1. The summed E-state index contributed by atoms with van der Waals surface area (Å²) in [5.41, 5.74) is 2.60. The fourth-order valence-electron chi connectivity index (χ4n) is 2.49. The highest BCUT2D eigenvalue weighted by Gasteiger charge is 2.12. The zero-order chi connectivity index (χ0) is 15.1. The zero-order valence-electron chi connectivity index (χ0n) is 11.4. The van der Waals surface area contributed by atoms with Crippen LogP contribution in [0, 0.1) is 5.82 Å². The number of aromatic nitrogens is 3. The molecule has 0 fully saturated rings. The van der Waals surface area contributed by atoms with Gasteiger partial charge in [0, 0.05) is 16.3 Å². The number of amides is 1. The number of nitrogens with zero attached hydrogens (tertiary/aromatic N) is 1. The van der Waals surface area contributed by atoms with Gasteiger partial charge >= 0.3 is 0 Å². The van der Waals surface area contributed by atoms with Crippen molar-refractivity contribution in [3.05, 3.63) is 60.2 Å². The molecular weight excluding hydrogens is 283 g/mol. The van der Waals surface area contributed by atoms with Crippen molar-refractivity contribution in [3.8, 4) is 0 Å². The molecule has 0 aliphatic heterocycles. The predicted molar refractivity (Wildman–Crippen MR) is 82.3 cm³/mol. The molecule has 2 heterocycles. The predicted octanol–water partition coefficient (Wildman–Crippen LogP) is 3.44. The summed E-state index contributed by atoms with van der Waals surface area (Å²) >= 11 is 0. The lowest BCUT2D eigenvalue weighted by molar-refractivity contribution is 0.102. The minimum atomic E-state index is -0.332. The lowest BCUT2D eigenvalue weighted by Crippen LogP contribution is -2.12. The molecule has 5 nitrogen and oxygen atoms in total. The summed E-state index contributed by atoms with van der Waals surface area (Å²) in [4.78, 5) is 15.4. The van der Waals surface area contributed by atoms with Gasteiger partial charge in [-0.3, -0.25) is 9.89 Å². The first kappa shape index (κ1) is 12.6. The van der Waals surface area contributed by atoms with Crippen molar-refractivity contribution in [2.24, 2.45) is 0 Å². The van der Waals surface area contributed by atoms with Gasteiger partial charge in [-0.15, -0.1) is 0 Å². The number of carbonyl (C=O) groups is 1. The van der Waals surface area contributed by atoms with Gasteiger partial charge in [0.05, 0.1) is 17.4 Å². The number of nitrogens with one attached hydrogen (secondary N) is 3. The highest BCUT2D eigenvalue weighted by Crippen LogP contribution is 2.22. The molecular formula is C16H11FN4O. The van der Waals surface area contributed by atoms with Crippen LogP contribution >= 0.6 is 0 Å². The molecule has 108 valence electrons. The number of aromatic amines is 2. The van der Waals surface area contributed by atoms with Crippen molar-refractivity contribution in [1.82, 2.24) is 15.2 Å². The molecule has 2 aromatic carbocycles. The minimum Gasteiger partial charge on any atom is -0.351 e. The van der Waals surface area contributed by atoms with Gasteiger partial charge in [-0.2, -0.15) is 5.10 Å². The maximum Gasteiger partial charge on any atom is 0.272 e.